The van der Waals surface area contributed by atoms with Crippen LogP contribution in [0.3, 0.4) is 0 Å². The number of nitrogens with zero attached hydrogens (tertiary/aromatic N) is 2. The predicted octanol–water partition coefficient (Wildman–Crippen LogP) is 2.47. The molecule has 0 bridgehead atoms. The van der Waals surface area contributed by atoms with Gasteiger partial charge in [-0.15, -0.1) is 0 Å². The van der Waals surface area contributed by atoms with Crippen molar-refractivity contribution in [1.82, 2.24) is 4.31 Å². The standard InChI is InChI=1S/C16H24N2O2S/c19-21(20,16-9-5-2-6-10-16)18-13-11-17(12-14-18)15-7-3-1-4-8-15/h1,3-4,7-8,16H,2,5-6,9-14H2. The summed E-state index contributed by atoms with van der Waals surface area (Å²) in [6, 6.07) is 10.2. The number of hydrogen-bond donors (Lipinski definition) is 0. The fourth-order valence-corrected chi connectivity index (χ4v) is 5.44. The summed E-state index contributed by atoms with van der Waals surface area (Å²) < 4.78 is 27.1. The molecular formula is C16H24N2O2S. The lowest BCUT2D eigenvalue weighted by Crippen LogP contribution is -2.51. The zero-order valence-corrected chi connectivity index (χ0v) is 13.3. The van der Waals surface area contributed by atoms with Crippen LogP contribution in [0, 0.1) is 0 Å². The third-order valence-electron chi connectivity index (χ3n) is 4.69. The first-order chi connectivity index (χ1) is 10.2. The smallest absolute Gasteiger partial charge is 0.217 e. The predicted molar refractivity (Wildman–Crippen MR) is 86.0 cm³/mol. The van der Waals surface area contributed by atoms with Gasteiger partial charge < -0.3 is 4.90 Å². The van der Waals surface area contributed by atoms with Gasteiger partial charge in [-0.2, -0.15) is 4.31 Å². The average Bonchev–Trinajstić information content (AvgIpc) is 2.57. The number of hydrogen-bond acceptors (Lipinski definition) is 3. The Hall–Kier alpha value is -1.07. The number of anilines is 1. The van der Waals surface area contributed by atoms with Gasteiger partial charge in [0, 0.05) is 31.9 Å². The zero-order valence-electron chi connectivity index (χ0n) is 12.4. The van der Waals surface area contributed by atoms with E-state index in [9.17, 15) is 8.42 Å². The van der Waals surface area contributed by atoms with Crippen LogP contribution in [0.1, 0.15) is 32.1 Å². The van der Waals surface area contributed by atoms with Crippen LogP contribution in [-0.4, -0.2) is 44.2 Å². The Morgan fingerprint density at radius 2 is 1.48 bits per heavy atom. The summed E-state index contributed by atoms with van der Waals surface area (Å²) in [6.45, 7) is 2.81. The summed E-state index contributed by atoms with van der Waals surface area (Å²) in [5, 5.41) is -0.130. The van der Waals surface area contributed by atoms with Crippen LogP contribution in [-0.2, 0) is 10.0 Å². The Bertz CT molecular complexity index is 545. The Balaban J connectivity index is 1.62. The largest absolute Gasteiger partial charge is 0.369 e. The summed E-state index contributed by atoms with van der Waals surface area (Å²) >= 11 is 0. The summed E-state index contributed by atoms with van der Waals surface area (Å²) in [7, 11) is -3.08. The molecule has 0 amide bonds. The van der Waals surface area contributed by atoms with Gasteiger partial charge in [0.1, 0.15) is 0 Å². The summed E-state index contributed by atoms with van der Waals surface area (Å²) in [5.41, 5.74) is 1.19. The maximum Gasteiger partial charge on any atom is 0.217 e. The maximum atomic E-state index is 12.7. The molecule has 1 aliphatic carbocycles. The van der Waals surface area contributed by atoms with E-state index in [1.165, 1.54) is 12.1 Å². The molecule has 0 radical (unpaired) electrons. The molecule has 0 unspecified atom stereocenters. The van der Waals surface area contributed by atoms with Crippen molar-refractivity contribution in [2.24, 2.45) is 0 Å². The Morgan fingerprint density at radius 1 is 0.857 bits per heavy atom. The normalized spacial score (nSPS) is 22.4. The molecule has 4 nitrogen and oxygen atoms in total. The van der Waals surface area contributed by atoms with Crippen molar-refractivity contribution < 1.29 is 8.42 Å². The molecule has 1 saturated carbocycles. The monoisotopic (exact) mass is 308 g/mol. The summed E-state index contributed by atoms with van der Waals surface area (Å²) in [5.74, 6) is 0. The summed E-state index contributed by atoms with van der Waals surface area (Å²) in [6.07, 6.45) is 5.01. The first kappa shape index (κ1) is 14.9. The number of sulfonamides is 1. The molecule has 2 aliphatic rings. The van der Waals surface area contributed by atoms with Gasteiger partial charge in [-0.1, -0.05) is 37.5 Å². The van der Waals surface area contributed by atoms with Crippen LogP contribution in [0.2, 0.25) is 0 Å². The van der Waals surface area contributed by atoms with Crippen molar-refractivity contribution in [3.05, 3.63) is 30.3 Å². The SMILES string of the molecule is O=S(=O)(C1CCCCC1)N1CCN(c2ccccc2)CC1. The van der Waals surface area contributed by atoms with E-state index in [0.717, 1.165) is 38.8 Å². The van der Waals surface area contributed by atoms with Gasteiger partial charge >= 0.3 is 0 Å². The van der Waals surface area contributed by atoms with Gasteiger partial charge in [0.15, 0.2) is 0 Å². The van der Waals surface area contributed by atoms with E-state index in [1.54, 1.807) is 4.31 Å². The molecule has 2 fully saturated rings. The maximum absolute atomic E-state index is 12.7. The highest BCUT2D eigenvalue weighted by atomic mass is 32.2. The molecule has 21 heavy (non-hydrogen) atoms. The van der Waals surface area contributed by atoms with E-state index in [2.05, 4.69) is 17.0 Å². The van der Waals surface area contributed by atoms with E-state index in [-0.39, 0.29) is 5.25 Å². The topological polar surface area (TPSA) is 40.6 Å². The molecule has 3 rings (SSSR count). The average molecular weight is 308 g/mol. The Kier molecular flexibility index (Phi) is 4.50. The lowest BCUT2D eigenvalue weighted by molar-refractivity contribution is 0.367. The molecule has 5 heteroatoms. The quantitative estimate of drug-likeness (QED) is 0.861. The third-order valence-corrected chi connectivity index (χ3v) is 7.09. The first-order valence-corrected chi connectivity index (χ1v) is 9.47. The van der Waals surface area contributed by atoms with Crippen molar-refractivity contribution in [3.8, 4) is 0 Å². The van der Waals surface area contributed by atoms with Crippen molar-refractivity contribution in [3.63, 3.8) is 0 Å². The molecule has 116 valence electrons. The summed E-state index contributed by atoms with van der Waals surface area (Å²) in [4.78, 5) is 2.27. The van der Waals surface area contributed by atoms with Crippen LogP contribution in [0.5, 0.6) is 0 Å². The van der Waals surface area contributed by atoms with Crippen molar-refractivity contribution in [1.29, 1.82) is 0 Å². The minimum Gasteiger partial charge on any atom is -0.369 e. The van der Waals surface area contributed by atoms with Crippen molar-refractivity contribution >= 4 is 15.7 Å². The van der Waals surface area contributed by atoms with Gasteiger partial charge in [0.2, 0.25) is 10.0 Å². The molecule has 1 saturated heterocycles. The van der Waals surface area contributed by atoms with Gasteiger partial charge in [0.25, 0.3) is 0 Å². The van der Waals surface area contributed by atoms with Crippen LogP contribution in [0.25, 0.3) is 0 Å². The Labute approximate surface area is 127 Å². The number of para-hydroxylation sites is 1. The van der Waals surface area contributed by atoms with Crippen molar-refractivity contribution in [2.75, 3.05) is 31.1 Å². The second kappa shape index (κ2) is 6.36. The van der Waals surface area contributed by atoms with E-state index in [1.807, 2.05) is 18.2 Å². The molecule has 0 N–H and O–H groups in total. The Morgan fingerprint density at radius 3 is 2.10 bits per heavy atom. The number of rotatable bonds is 3. The molecule has 0 aromatic heterocycles. The second-order valence-corrected chi connectivity index (χ2v) is 8.24. The lowest BCUT2D eigenvalue weighted by atomic mass is 10.0. The molecule has 0 spiro atoms. The fourth-order valence-electron chi connectivity index (χ4n) is 3.41. The van der Waals surface area contributed by atoms with Crippen molar-refractivity contribution in [2.45, 2.75) is 37.4 Å². The minimum atomic E-state index is -3.08. The molecule has 1 aliphatic heterocycles. The highest BCUT2D eigenvalue weighted by Crippen LogP contribution is 2.27. The van der Waals surface area contributed by atoms with Gasteiger partial charge in [-0.25, -0.2) is 8.42 Å². The fraction of sp³-hybridized carbons (Fsp3) is 0.625. The van der Waals surface area contributed by atoms with Crippen LogP contribution in [0.4, 0.5) is 5.69 Å². The highest BCUT2D eigenvalue weighted by Gasteiger charge is 2.34. The minimum absolute atomic E-state index is 0.130. The first-order valence-electron chi connectivity index (χ1n) is 7.97. The van der Waals surface area contributed by atoms with Gasteiger partial charge in [-0.05, 0) is 25.0 Å². The molecule has 0 atom stereocenters. The van der Waals surface area contributed by atoms with Gasteiger partial charge in [-0.3, -0.25) is 0 Å². The van der Waals surface area contributed by atoms with E-state index >= 15 is 0 Å². The lowest BCUT2D eigenvalue weighted by Gasteiger charge is -2.37. The molecule has 1 heterocycles. The van der Waals surface area contributed by atoms with Gasteiger partial charge in [0.05, 0.1) is 5.25 Å². The molecule has 1 aromatic rings. The zero-order chi connectivity index (χ0) is 14.7. The van der Waals surface area contributed by atoms with E-state index in [4.69, 9.17) is 0 Å². The van der Waals surface area contributed by atoms with E-state index in [0.29, 0.717) is 13.1 Å². The van der Waals surface area contributed by atoms with E-state index < -0.39 is 10.0 Å². The number of benzene rings is 1. The van der Waals surface area contributed by atoms with Crippen LogP contribution in [0.15, 0.2) is 30.3 Å². The van der Waals surface area contributed by atoms with Crippen LogP contribution >= 0.6 is 0 Å². The third kappa shape index (κ3) is 3.24. The molecular weight excluding hydrogens is 284 g/mol. The highest BCUT2D eigenvalue weighted by molar-refractivity contribution is 7.89. The molecule has 1 aromatic carbocycles. The second-order valence-electron chi connectivity index (χ2n) is 6.03. The number of piperazine rings is 1. The van der Waals surface area contributed by atoms with Crippen LogP contribution < -0.4 is 4.90 Å².